The molecule has 3 rings (SSSR count). The van der Waals surface area contributed by atoms with Gasteiger partial charge in [-0.25, -0.2) is 9.37 Å². The summed E-state index contributed by atoms with van der Waals surface area (Å²) in [7, 11) is 1.95. The summed E-state index contributed by atoms with van der Waals surface area (Å²) in [5.41, 5.74) is 3.37. The van der Waals surface area contributed by atoms with Gasteiger partial charge in [0.1, 0.15) is 11.6 Å². The number of aromatic nitrogens is 3. The third-order valence-electron chi connectivity index (χ3n) is 4.34. The first-order chi connectivity index (χ1) is 10.6. The molecule has 2 aromatic rings. The summed E-state index contributed by atoms with van der Waals surface area (Å²) in [5, 5.41) is 7.75. The molecule has 0 radical (unpaired) electrons. The maximum absolute atomic E-state index is 12.9. The first-order valence-corrected chi connectivity index (χ1v) is 7.53. The molecule has 1 aliphatic rings. The normalized spacial score (nSPS) is 21.3. The molecule has 6 heteroatoms. The van der Waals surface area contributed by atoms with Crippen LogP contribution in [0.25, 0.3) is 0 Å². The van der Waals surface area contributed by atoms with E-state index < -0.39 is 0 Å². The Hall–Kier alpha value is -1.95. The number of aryl methyl sites for hydroxylation is 2. The first-order valence-electron chi connectivity index (χ1n) is 7.53. The van der Waals surface area contributed by atoms with Gasteiger partial charge in [-0.1, -0.05) is 0 Å². The summed E-state index contributed by atoms with van der Waals surface area (Å²) in [6, 6.07) is 3.06. The van der Waals surface area contributed by atoms with E-state index in [2.05, 4.69) is 22.3 Å². The van der Waals surface area contributed by atoms with Crippen LogP contribution < -0.4 is 5.32 Å². The maximum Gasteiger partial charge on any atom is 0.141 e. The van der Waals surface area contributed by atoms with Crippen LogP contribution in [0.5, 0.6) is 0 Å². The topological polar surface area (TPSA) is 52.0 Å². The van der Waals surface area contributed by atoms with Crippen molar-refractivity contribution >= 4 is 5.82 Å². The number of halogens is 1. The number of anilines is 1. The molecular weight excluding hydrogens is 283 g/mol. The van der Waals surface area contributed by atoms with Crippen molar-refractivity contribution in [1.82, 2.24) is 14.8 Å². The number of nitrogens with zero attached hydrogens (tertiary/aromatic N) is 3. The van der Waals surface area contributed by atoms with Crippen molar-refractivity contribution < 1.29 is 9.13 Å². The Balaban J connectivity index is 1.72. The fourth-order valence-electron chi connectivity index (χ4n) is 3.08. The largest absolute Gasteiger partial charge is 0.373 e. The average Bonchev–Trinajstić information content (AvgIpc) is 3.03. The van der Waals surface area contributed by atoms with Gasteiger partial charge >= 0.3 is 0 Å². The van der Waals surface area contributed by atoms with Crippen molar-refractivity contribution in [1.29, 1.82) is 0 Å². The zero-order valence-corrected chi connectivity index (χ0v) is 13.1. The van der Waals surface area contributed by atoms with E-state index in [4.69, 9.17) is 4.74 Å². The summed E-state index contributed by atoms with van der Waals surface area (Å²) in [5.74, 6) is 0.717. The van der Waals surface area contributed by atoms with Crippen LogP contribution in [0, 0.1) is 25.6 Å². The van der Waals surface area contributed by atoms with Gasteiger partial charge in [0.2, 0.25) is 0 Å². The Morgan fingerprint density at radius 1 is 1.41 bits per heavy atom. The van der Waals surface area contributed by atoms with E-state index in [0.29, 0.717) is 11.7 Å². The lowest BCUT2D eigenvalue weighted by Gasteiger charge is -2.20. The highest BCUT2D eigenvalue weighted by Crippen LogP contribution is 2.37. The van der Waals surface area contributed by atoms with E-state index in [0.717, 1.165) is 31.0 Å². The highest BCUT2D eigenvalue weighted by atomic mass is 19.1. The molecule has 0 aromatic carbocycles. The fourth-order valence-corrected chi connectivity index (χ4v) is 3.08. The van der Waals surface area contributed by atoms with Crippen molar-refractivity contribution in [2.75, 3.05) is 18.5 Å². The molecule has 1 N–H and O–H groups in total. The zero-order valence-electron chi connectivity index (χ0n) is 13.1. The van der Waals surface area contributed by atoms with Gasteiger partial charge in [0.05, 0.1) is 18.0 Å². The van der Waals surface area contributed by atoms with Crippen molar-refractivity contribution in [3.63, 3.8) is 0 Å². The number of nitrogens with one attached hydrogen (secondary N) is 1. The van der Waals surface area contributed by atoms with Crippen LogP contribution in [0.4, 0.5) is 10.2 Å². The number of pyridine rings is 1. The lowest BCUT2D eigenvalue weighted by Crippen LogP contribution is -2.19. The summed E-state index contributed by atoms with van der Waals surface area (Å²) in [4.78, 5) is 4.03. The number of hydrogen-bond donors (Lipinski definition) is 1. The average molecular weight is 304 g/mol. The Morgan fingerprint density at radius 2 is 2.23 bits per heavy atom. The molecule has 118 valence electrons. The Morgan fingerprint density at radius 3 is 2.86 bits per heavy atom. The molecule has 0 aliphatic carbocycles. The van der Waals surface area contributed by atoms with Gasteiger partial charge < -0.3 is 10.1 Å². The zero-order chi connectivity index (χ0) is 15.7. The minimum atomic E-state index is -0.325. The molecule has 5 nitrogen and oxygen atoms in total. The van der Waals surface area contributed by atoms with Gasteiger partial charge in [0.25, 0.3) is 0 Å². The van der Waals surface area contributed by atoms with Crippen LogP contribution in [-0.2, 0) is 11.8 Å². The minimum Gasteiger partial charge on any atom is -0.373 e. The SMILES string of the molecule is Cc1nn(C)c(C)c1[C@H]1OCC[C@@H]1CNc1ccc(F)cn1. The van der Waals surface area contributed by atoms with E-state index in [1.807, 2.05) is 18.7 Å². The Kier molecular flexibility index (Phi) is 4.11. The molecule has 0 saturated carbocycles. The van der Waals surface area contributed by atoms with Crippen LogP contribution in [0.3, 0.4) is 0 Å². The van der Waals surface area contributed by atoms with Gasteiger partial charge in [-0.3, -0.25) is 4.68 Å². The van der Waals surface area contributed by atoms with Gasteiger partial charge in [-0.05, 0) is 32.4 Å². The molecule has 2 atom stereocenters. The van der Waals surface area contributed by atoms with Crippen molar-refractivity contribution in [3.05, 3.63) is 41.1 Å². The minimum absolute atomic E-state index is 0.0571. The van der Waals surface area contributed by atoms with Gasteiger partial charge in [0, 0.05) is 37.4 Å². The summed E-state index contributed by atoms with van der Waals surface area (Å²) >= 11 is 0. The highest BCUT2D eigenvalue weighted by molar-refractivity contribution is 5.34. The van der Waals surface area contributed by atoms with Crippen LogP contribution in [-0.4, -0.2) is 27.9 Å². The first kappa shape index (κ1) is 15.0. The molecular formula is C16H21FN4O. The van der Waals surface area contributed by atoms with Crippen LogP contribution in [0.2, 0.25) is 0 Å². The van der Waals surface area contributed by atoms with E-state index in [1.165, 1.54) is 17.8 Å². The van der Waals surface area contributed by atoms with E-state index in [9.17, 15) is 4.39 Å². The maximum atomic E-state index is 12.9. The molecule has 3 heterocycles. The fraction of sp³-hybridized carbons (Fsp3) is 0.500. The van der Waals surface area contributed by atoms with Crippen LogP contribution >= 0.6 is 0 Å². The third-order valence-corrected chi connectivity index (χ3v) is 4.34. The lowest BCUT2D eigenvalue weighted by atomic mass is 9.94. The van der Waals surface area contributed by atoms with Gasteiger partial charge in [0.15, 0.2) is 0 Å². The van der Waals surface area contributed by atoms with E-state index >= 15 is 0 Å². The molecule has 1 saturated heterocycles. The number of rotatable bonds is 4. The molecule has 1 fully saturated rings. The Bertz CT molecular complexity index is 653. The van der Waals surface area contributed by atoms with Gasteiger partial charge in [-0.15, -0.1) is 0 Å². The van der Waals surface area contributed by atoms with Crippen LogP contribution in [0.15, 0.2) is 18.3 Å². The van der Waals surface area contributed by atoms with Crippen molar-refractivity contribution in [3.8, 4) is 0 Å². The molecule has 1 aliphatic heterocycles. The van der Waals surface area contributed by atoms with Crippen molar-refractivity contribution in [2.24, 2.45) is 13.0 Å². The monoisotopic (exact) mass is 304 g/mol. The van der Waals surface area contributed by atoms with Crippen molar-refractivity contribution in [2.45, 2.75) is 26.4 Å². The molecule has 0 unspecified atom stereocenters. The predicted molar refractivity (Wildman–Crippen MR) is 82.2 cm³/mol. The summed E-state index contributed by atoms with van der Waals surface area (Å²) in [6.45, 7) is 5.60. The van der Waals surface area contributed by atoms with Gasteiger partial charge in [-0.2, -0.15) is 5.10 Å². The predicted octanol–water partition coefficient (Wildman–Crippen LogP) is 2.76. The molecule has 2 aromatic heterocycles. The quantitative estimate of drug-likeness (QED) is 0.943. The second kappa shape index (κ2) is 6.04. The van der Waals surface area contributed by atoms with E-state index in [-0.39, 0.29) is 11.9 Å². The molecule has 0 bridgehead atoms. The smallest absolute Gasteiger partial charge is 0.141 e. The summed E-state index contributed by atoms with van der Waals surface area (Å²) in [6.07, 6.45) is 2.27. The molecule has 22 heavy (non-hydrogen) atoms. The number of hydrogen-bond acceptors (Lipinski definition) is 4. The standard InChI is InChI=1S/C16H21FN4O/c1-10-15(11(2)21(3)20-10)16-12(6-7-22-16)8-18-14-5-4-13(17)9-19-14/h4-5,9,12,16H,6-8H2,1-3H3,(H,18,19)/t12-,16+/m1/s1. The highest BCUT2D eigenvalue weighted by Gasteiger charge is 2.33. The second-order valence-corrected chi connectivity index (χ2v) is 5.79. The number of ether oxygens (including phenoxy) is 1. The molecule has 0 spiro atoms. The third kappa shape index (κ3) is 2.83. The summed E-state index contributed by atoms with van der Waals surface area (Å²) < 4.78 is 20.7. The van der Waals surface area contributed by atoms with Crippen LogP contribution in [0.1, 0.15) is 29.5 Å². The molecule has 0 amide bonds. The lowest BCUT2D eigenvalue weighted by molar-refractivity contribution is 0.0922. The Labute approximate surface area is 129 Å². The second-order valence-electron chi connectivity index (χ2n) is 5.79. The van der Waals surface area contributed by atoms with E-state index in [1.54, 1.807) is 6.07 Å².